The molecule has 0 radical (unpaired) electrons. The Labute approximate surface area is 126 Å². The predicted molar refractivity (Wildman–Crippen MR) is 86.3 cm³/mol. The summed E-state index contributed by atoms with van der Waals surface area (Å²) < 4.78 is 13.2. The average Bonchev–Trinajstić information content (AvgIpc) is 2.52. The van der Waals surface area contributed by atoms with Crippen molar-refractivity contribution in [3.05, 3.63) is 54.6 Å². The van der Waals surface area contributed by atoms with E-state index in [9.17, 15) is 4.39 Å². The van der Waals surface area contributed by atoms with Crippen molar-refractivity contribution in [3.63, 3.8) is 0 Å². The van der Waals surface area contributed by atoms with Gasteiger partial charge >= 0.3 is 0 Å². The maximum atomic E-state index is 13.2. The third-order valence-corrected chi connectivity index (χ3v) is 3.66. The average molecular weight is 286 g/mol. The van der Waals surface area contributed by atoms with Crippen LogP contribution < -0.4 is 4.90 Å². The summed E-state index contributed by atoms with van der Waals surface area (Å²) in [5.74, 6) is 0.385. The van der Waals surface area contributed by atoms with Crippen LogP contribution in [0.25, 0.3) is 0 Å². The van der Waals surface area contributed by atoms with Gasteiger partial charge in [0.05, 0.1) is 0 Å². The van der Waals surface area contributed by atoms with Gasteiger partial charge in [-0.2, -0.15) is 0 Å². The third kappa shape index (κ3) is 4.55. The van der Waals surface area contributed by atoms with Crippen molar-refractivity contribution in [2.45, 2.75) is 33.1 Å². The molecule has 0 amide bonds. The van der Waals surface area contributed by atoms with Gasteiger partial charge in [-0.1, -0.05) is 26.7 Å². The molecule has 0 bridgehead atoms. The molecule has 21 heavy (non-hydrogen) atoms. The lowest BCUT2D eigenvalue weighted by Gasteiger charge is -2.28. The highest BCUT2D eigenvalue weighted by atomic mass is 19.1. The Hall–Kier alpha value is -1.90. The van der Waals surface area contributed by atoms with Crippen molar-refractivity contribution in [3.8, 4) is 0 Å². The molecular formula is C18H23FN2. The van der Waals surface area contributed by atoms with Crippen LogP contribution in [0.15, 0.2) is 48.8 Å². The number of aromatic nitrogens is 1. The third-order valence-electron chi connectivity index (χ3n) is 3.66. The second kappa shape index (κ2) is 7.77. The van der Waals surface area contributed by atoms with Crippen molar-refractivity contribution in [1.29, 1.82) is 0 Å². The topological polar surface area (TPSA) is 16.1 Å². The van der Waals surface area contributed by atoms with E-state index in [1.165, 1.54) is 31.4 Å². The molecule has 0 aliphatic carbocycles. The minimum atomic E-state index is -0.201. The first kappa shape index (κ1) is 15.5. The summed E-state index contributed by atoms with van der Waals surface area (Å²) in [6.07, 6.45) is 7.26. The Bertz CT molecular complexity index is 525. The van der Waals surface area contributed by atoms with Crippen LogP contribution in [0.3, 0.4) is 0 Å². The minimum Gasteiger partial charge on any atom is -0.341 e. The monoisotopic (exact) mass is 286 g/mol. The first-order valence-electron chi connectivity index (χ1n) is 7.64. The fraction of sp³-hybridized carbons (Fsp3) is 0.389. The summed E-state index contributed by atoms with van der Waals surface area (Å²) in [4.78, 5) is 6.32. The SMILES string of the molecule is CCCCC(C)CN(c1ccncc1)c1ccc(F)cc1. The van der Waals surface area contributed by atoms with E-state index in [1.807, 2.05) is 24.3 Å². The molecule has 2 aromatic rings. The Morgan fingerprint density at radius 1 is 1.05 bits per heavy atom. The molecule has 0 N–H and O–H groups in total. The Kier molecular flexibility index (Phi) is 5.73. The van der Waals surface area contributed by atoms with E-state index < -0.39 is 0 Å². The summed E-state index contributed by atoms with van der Waals surface area (Å²) in [6.45, 7) is 5.41. The molecule has 1 atom stereocenters. The van der Waals surface area contributed by atoms with Gasteiger partial charge < -0.3 is 4.90 Å². The molecule has 0 saturated carbocycles. The van der Waals surface area contributed by atoms with Gasteiger partial charge in [0.25, 0.3) is 0 Å². The maximum absolute atomic E-state index is 13.2. The van der Waals surface area contributed by atoms with Gasteiger partial charge in [0.15, 0.2) is 0 Å². The molecule has 0 spiro atoms. The number of nitrogens with zero attached hydrogens (tertiary/aromatic N) is 2. The molecule has 1 heterocycles. The molecule has 1 unspecified atom stereocenters. The largest absolute Gasteiger partial charge is 0.341 e. The van der Waals surface area contributed by atoms with Crippen molar-refractivity contribution >= 4 is 11.4 Å². The van der Waals surface area contributed by atoms with E-state index in [2.05, 4.69) is 23.7 Å². The number of hydrogen-bond acceptors (Lipinski definition) is 2. The lowest BCUT2D eigenvalue weighted by molar-refractivity contribution is 0.511. The normalized spacial score (nSPS) is 12.1. The highest BCUT2D eigenvalue weighted by Crippen LogP contribution is 2.27. The van der Waals surface area contributed by atoms with E-state index in [1.54, 1.807) is 12.4 Å². The molecule has 0 fully saturated rings. The van der Waals surface area contributed by atoms with E-state index in [0.717, 1.165) is 17.9 Å². The maximum Gasteiger partial charge on any atom is 0.123 e. The van der Waals surface area contributed by atoms with Crippen LogP contribution in [-0.2, 0) is 0 Å². The van der Waals surface area contributed by atoms with Crippen LogP contribution in [0, 0.1) is 11.7 Å². The van der Waals surface area contributed by atoms with Crippen molar-refractivity contribution in [2.24, 2.45) is 5.92 Å². The van der Waals surface area contributed by atoms with Crippen molar-refractivity contribution in [1.82, 2.24) is 4.98 Å². The van der Waals surface area contributed by atoms with E-state index in [-0.39, 0.29) is 5.82 Å². The molecule has 0 aliphatic rings. The fourth-order valence-electron chi connectivity index (χ4n) is 2.46. The molecule has 112 valence electrons. The highest BCUT2D eigenvalue weighted by Gasteiger charge is 2.13. The number of benzene rings is 1. The van der Waals surface area contributed by atoms with Gasteiger partial charge in [-0.25, -0.2) is 4.39 Å². The first-order chi connectivity index (χ1) is 10.2. The summed E-state index contributed by atoms with van der Waals surface area (Å²) in [7, 11) is 0. The minimum absolute atomic E-state index is 0.201. The van der Waals surface area contributed by atoms with E-state index >= 15 is 0 Å². The quantitative estimate of drug-likeness (QED) is 0.696. The summed E-state index contributed by atoms with van der Waals surface area (Å²) >= 11 is 0. The van der Waals surface area contributed by atoms with Crippen LogP contribution in [0.2, 0.25) is 0 Å². The number of anilines is 2. The number of unbranched alkanes of at least 4 members (excludes halogenated alkanes) is 1. The Balaban J connectivity index is 2.20. The lowest BCUT2D eigenvalue weighted by Crippen LogP contribution is -2.23. The van der Waals surface area contributed by atoms with Crippen molar-refractivity contribution < 1.29 is 4.39 Å². The molecule has 1 aromatic heterocycles. The molecule has 3 heteroatoms. The van der Waals surface area contributed by atoms with Crippen LogP contribution in [0.5, 0.6) is 0 Å². The standard InChI is InChI=1S/C18H23FN2/c1-3-4-5-15(2)14-21(18-10-12-20-13-11-18)17-8-6-16(19)7-9-17/h6-13,15H,3-5,14H2,1-2H3. The zero-order valence-electron chi connectivity index (χ0n) is 12.8. The van der Waals surface area contributed by atoms with Gasteiger partial charge in [-0.05, 0) is 48.7 Å². The van der Waals surface area contributed by atoms with Gasteiger partial charge in [0.1, 0.15) is 5.82 Å². The van der Waals surface area contributed by atoms with Crippen LogP contribution in [-0.4, -0.2) is 11.5 Å². The van der Waals surface area contributed by atoms with Crippen LogP contribution in [0.1, 0.15) is 33.1 Å². The number of hydrogen-bond donors (Lipinski definition) is 0. The van der Waals surface area contributed by atoms with Crippen LogP contribution in [0.4, 0.5) is 15.8 Å². The molecule has 0 saturated heterocycles. The van der Waals surface area contributed by atoms with Gasteiger partial charge in [0.2, 0.25) is 0 Å². The Morgan fingerprint density at radius 3 is 2.29 bits per heavy atom. The molecule has 2 nitrogen and oxygen atoms in total. The van der Waals surface area contributed by atoms with Gasteiger partial charge in [0, 0.05) is 30.3 Å². The zero-order chi connectivity index (χ0) is 15.1. The first-order valence-corrected chi connectivity index (χ1v) is 7.64. The summed E-state index contributed by atoms with van der Waals surface area (Å²) in [5, 5.41) is 0. The predicted octanol–water partition coefficient (Wildman–Crippen LogP) is 5.19. The summed E-state index contributed by atoms with van der Waals surface area (Å²) in [5.41, 5.74) is 2.12. The second-order valence-electron chi connectivity index (χ2n) is 5.54. The number of halogens is 1. The lowest BCUT2D eigenvalue weighted by atomic mass is 10.0. The molecule has 1 aromatic carbocycles. The zero-order valence-corrected chi connectivity index (χ0v) is 12.8. The van der Waals surface area contributed by atoms with Crippen molar-refractivity contribution in [2.75, 3.05) is 11.4 Å². The number of pyridine rings is 1. The molecule has 0 aliphatic heterocycles. The van der Waals surface area contributed by atoms with Gasteiger partial charge in [-0.15, -0.1) is 0 Å². The van der Waals surface area contributed by atoms with Crippen LogP contribution >= 0.6 is 0 Å². The Morgan fingerprint density at radius 2 is 1.67 bits per heavy atom. The van der Waals surface area contributed by atoms with Gasteiger partial charge in [-0.3, -0.25) is 4.98 Å². The summed E-state index contributed by atoms with van der Waals surface area (Å²) in [6, 6.07) is 10.7. The smallest absolute Gasteiger partial charge is 0.123 e. The fourth-order valence-corrected chi connectivity index (χ4v) is 2.46. The van der Waals surface area contributed by atoms with E-state index in [4.69, 9.17) is 0 Å². The highest BCUT2D eigenvalue weighted by molar-refractivity contribution is 5.62. The second-order valence-corrected chi connectivity index (χ2v) is 5.54. The molecular weight excluding hydrogens is 263 g/mol. The van der Waals surface area contributed by atoms with E-state index in [0.29, 0.717) is 5.92 Å². The molecule has 2 rings (SSSR count). The number of rotatable bonds is 7.